The van der Waals surface area contributed by atoms with Crippen LogP contribution in [0.15, 0.2) is 18.3 Å². The number of aromatic amines is 1. The smallest absolute Gasteiger partial charge is 0.177 e. The van der Waals surface area contributed by atoms with E-state index < -0.39 is 11.6 Å². The summed E-state index contributed by atoms with van der Waals surface area (Å²) < 4.78 is 30.1. The lowest BCUT2D eigenvalue weighted by molar-refractivity contribution is 0.415. The first-order valence-corrected chi connectivity index (χ1v) is 7.96. The Morgan fingerprint density at radius 1 is 1.35 bits per heavy atom. The average molecular weight is 360 g/mol. The van der Waals surface area contributed by atoms with E-state index in [4.69, 9.17) is 18.0 Å². The van der Waals surface area contributed by atoms with Crippen LogP contribution in [-0.4, -0.2) is 16.1 Å². The quantitative estimate of drug-likeness (QED) is 0.814. The SMILES string of the molecule is Cl.NCCCc1c[nH]c(=S)n1[C@@H]1CCc2c(F)cc(F)cc2C1. The lowest BCUT2D eigenvalue weighted by atomic mass is 9.87. The molecule has 0 amide bonds. The molecular weight excluding hydrogens is 340 g/mol. The maximum absolute atomic E-state index is 13.8. The number of nitrogens with two attached hydrogens (primary N) is 1. The summed E-state index contributed by atoms with van der Waals surface area (Å²) in [5, 5.41) is 0. The number of fused-ring (bicyclic) bond motifs is 1. The molecule has 23 heavy (non-hydrogen) atoms. The van der Waals surface area contributed by atoms with Gasteiger partial charge in [-0.15, -0.1) is 12.4 Å². The van der Waals surface area contributed by atoms with Gasteiger partial charge < -0.3 is 15.3 Å². The Hall–Kier alpha value is -1.24. The third kappa shape index (κ3) is 3.65. The first kappa shape index (κ1) is 18.1. The molecule has 0 aliphatic heterocycles. The molecular formula is C16H20ClF2N3S. The highest BCUT2D eigenvalue weighted by molar-refractivity contribution is 7.71. The fourth-order valence-corrected chi connectivity index (χ4v) is 3.62. The van der Waals surface area contributed by atoms with Crippen molar-refractivity contribution in [3.05, 3.63) is 51.6 Å². The van der Waals surface area contributed by atoms with Crippen molar-refractivity contribution in [2.75, 3.05) is 6.54 Å². The Morgan fingerprint density at radius 2 is 2.13 bits per heavy atom. The molecule has 3 nitrogen and oxygen atoms in total. The van der Waals surface area contributed by atoms with Crippen LogP contribution in [0.3, 0.4) is 0 Å². The van der Waals surface area contributed by atoms with Crippen molar-refractivity contribution in [3.63, 3.8) is 0 Å². The number of nitrogens with one attached hydrogen (secondary N) is 1. The van der Waals surface area contributed by atoms with Crippen molar-refractivity contribution in [2.45, 2.75) is 38.1 Å². The van der Waals surface area contributed by atoms with Crippen molar-refractivity contribution in [3.8, 4) is 0 Å². The second-order valence-corrected chi connectivity index (χ2v) is 6.16. The van der Waals surface area contributed by atoms with Gasteiger partial charge in [-0.3, -0.25) is 0 Å². The second-order valence-electron chi connectivity index (χ2n) is 5.77. The van der Waals surface area contributed by atoms with Crippen molar-refractivity contribution < 1.29 is 8.78 Å². The summed E-state index contributed by atoms with van der Waals surface area (Å²) in [5.41, 5.74) is 8.08. The van der Waals surface area contributed by atoms with Gasteiger partial charge in [-0.05, 0) is 68.1 Å². The Balaban J connectivity index is 0.00000192. The van der Waals surface area contributed by atoms with E-state index in [1.54, 1.807) is 0 Å². The molecule has 126 valence electrons. The molecule has 1 aliphatic rings. The van der Waals surface area contributed by atoms with E-state index in [9.17, 15) is 8.78 Å². The summed E-state index contributed by atoms with van der Waals surface area (Å²) >= 11 is 5.38. The minimum atomic E-state index is -0.516. The molecule has 1 aromatic heterocycles. The van der Waals surface area contributed by atoms with Crippen LogP contribution in [0.5, 0.6) is 0 Å². The summed E-state index contributed by atoms with van der Waals surface area (Å²) in [4.78, 5) is 3.08. The van der Waals surface area contributed by atoms with Crippen molar-refractivity contribution >= 4 is 24.6 Å². The Morgan fingerprint density at radius 3 is 2.87 bits per heavy atom. The number of rotatable bonds is 4. The second kappa shape index (κ2) is 7.55. The van der Waals surface area contributed by atoms with Gasteiger partial charge in [0.05, 0.1) is 0 Å². The molecule has 0 saturated carbocycles. The third-order valence-corrected chi connectivity index (χ3v) is 4.64. The van der Waals surface area contributed by atoms with Crippen molar-refractivity contribution in [1.29, 1.82) is 0 Å². The van der Waals surface area contributed by atoms with Crippen molar-refractivity contribution in [1.82, 2.24) is 9.55 Å². The van der Waals surface area contributed by atoms with Gasteiger partial charge in [0.1, 0.15) is 11.6 Å². The van der Waals surface area contributed by atoms with E-state index in [0.29, 0.717) is 29.7 Å². The van der Waals surface area contributed by atoms with E-state index in [-0.39, 0.29) is 18.4 Å². The van der Waals surface area contributed by atoms with Crippen LogP contribution >= 0.6 is 24.6 Å². The molecule has 0 fully saturated rings. The zero-order valence-electron chi connectivity index (χ0n) is 12.6. The summed E-state index contributed by atoms with van der Waals surface area (Å²) in [6, 6.07) is 2.55. The highest BCUT2D eigenvalue weighted by Crippen LogP contribution is 2.32. The number of aromatic nitrogens is 2. The molecule has 7 heteroatoms. The van der Waals surface area contributed by atoms with Gasteiger partial charge in [-0.2, -0.15) is 0 Å². The highest BCUT2D eigenvalue weighted by atomic mass is 35.5. The number of halogens is 3. The standard InChI is InChI=1S/C16H19F2N3S.ClH/c17-11-6-10-7-12(3-4-14(10)15(18)8-11)21-13(2-1-5-19)9-20-16(21)22;/h6,8-9,12H,1-5,7,19H2,(H,20,22);1H/t12-;/m1./s1. The van der Waals surface area contributed by atoms with Crippen LogP contribution in [0.1, 0.15) is 35.7 Å². The molecule has 0 unspecified atom stereocenters. The summed E-state index contributed by atoms with van der Waals surface area (Å²) in [7, 11) is 0. The number of H-pyrrole nitrogens is 1. The van der Waals surface area contributed by atoms with E-state index in [1.807, 2.05) is 6.20 Å². The molecule has 0 radical (unpaired) electrons. The highest BCUT2D eigenvalue weighted by Gasteiger charge is 2.25. The van der Waals surface area contributed by atoms with Crippen LogP contribution in [0.25, 0.3) is 0 Å². The number of benzene rings is 1. The molecule has 1 heterocycles. The van der Waals surface area contributed by atoms with Gasteiger partial charge in [0, 0.05) is 24.0 Å². The molecule has 1 atom stereocenters. The number of hydrogen-bond donors (Lipinski definition) is 2. The fourth-order valence-electron chi connectivity index (χ4n) is 3.30. The molecule has 0 spiro atoms. The molecule has 3 N–H and O–H groups in total. The van der Waals surface area contributed by atoms with Gasteiger partial charge in [-0.1, -0.05) is 0 Å². The maximum Gasteiger partial charge on any atom is 0.177 e. The zero-order chi connectivity index (χ0) is 15.7. The number of aryl methyl sites for hydroxylation is 1. The van der Waals surface area contributed by atoms with E-state index >= 15 is 0 Å². The summed E-state index contributed by atoms with van der Waals surface area (Å²) in [6.07, 6.45) is 5.67. The third-order valence-electron chi connectivity index (χ3n) is 4.33. The molecule has 3 rings (SSSR count). The van der Waals surface area contributed by atoms with Gasteiger partial charge in [-0.25, -0.2) is 8.78 Å². The molecule has 0 bridgehead atoms. The predicted octanol–water partition coefficient (Wildman–Crippen LogP) is 3.87. The van der Waals surface area contributed by atoms with Crippen LogP contribution in [0, 0.1) is 16.4 Å². The minimum absolute atomic E-state index is 0. The summed E-state index contributed by atoms with van der Waals surface area (Å²) in [6.45, 7) is 0.627. The predicted molar refractivity (Wildman–Crippen MR) is 91.7 cm³/mol. The minimum Gasteiger partial charge on any atom is -0.337 e. The van der Waals surface area contributed by atoms with Crippen LogP contribution in [0.4, 0.5) is 8.78 Å². The lowest BCUT2D eigenvalue weighted by Crippen LogP contribution is -2.21. The Kier molecular flexibility index (Phi) is 5.95. The molecule has 1 aliphatic carbocycles. The Bertz CT molecular complexity index is 741. The van der Waals surface area contributed by atoms with Crippen LogP contribution in [0.2, 0.25) is 0 Å². The number of imidazole rings is 1. The van der Waals surface area contributed by atoms with Crippen LogP contribution in [-0.2, 0) is 19.3 Å². The van der Waals surface area contributed by atoms with Crippen LogP contribution < -0.4 is 5.73 Å². The van der Waals surface area contributed by atoms with Crippen molar-refractivity contribution in [2.24, 2.45) is 5.73 Å². The van der Waals surface area contributed by atoms with E-state index in [0.717, 1.165) is 36.6 Å². The molecule has 0 saturated heterocycles. The van der Waals surface area contributed by atoms with Gasteiger partial charge in [0.2, 0.25) is 0 Å². The molecule has 1 aromatic carbocycles. The first-order chi connectivity index (χ1) is 10.6. The fraction of sp³-hybridized carbons (Fsp3) is 0.438. The number of hydrogen-bond acceptors (Lipinski definition) is 2. The van der Waals surface area contributed by atoms with Gasteiger partial charge >= 0.3 is 0 Å². The topological polar surface area (TPSA) is 46.7 Å². The molecule has 2 aromatic rings. The monoisotopic (exact) mass is 359 g/mol. The largest absolute Gasteiger partial charge is 0.337 e. The van der Waals surface area contributed by atoms with E-state index in [2.05, 4.69) is 9.55 Å². The maximum atomic E-state index is 13.8. The van der Waals surface area contributed by atoms with Gasteiger partial charge in [0.25, 0.3) is 0 Å². The summed E-state index contributed by atoms with van der Waals surface area (Å²) in [5.74, 6) is -0.951. The van der Waals surface area contributed by atoms with E-state index in [1.165, 1.54) is 6.07 Å². The average Bonchev–Trinajstić information content (AvgIpc) is 2.85. The normalized spacial score (nSPS) is 16.7. The Labute approximate surface area is 145 Å². The first-order valence-electron chi connectivity index (χ1n) is 7.55. The van der Waals surface area contributed by atoms with Gasteiger partial charge in [0.15, 0.2) is 4.77 Å². The lowest BCUT2D eigenvalue weighted by Gasteiger charge is -2.27. The number of nitrogens with zero attached hydrogens (tertiary/aromatic N) is 1. The zero-order valence-corrected chi connectivity index (χ0v) is 14.3.